The molecular weight excluding hydrogens is 472 g/mol. The van der Waals surface area contributed by atoms with Crippen molar-refractivity contribution in [3.63, 3.8) is 0 Å². The summed E-state index contributed by atoms with van der Waals surface area (Å²) in [6.45, 7) is 0. The summed E-state index contributed by atoms with van der Waals surface area (Å²) in [6, 6.07) is 44.3. The molecule has 0 unspecified atom stereocenters. The zero-order valence-electron chi connectivity index (χ0n) is 21.1. The molecule has 1 aliphatic rings. The summed E-state index contributed by atoms with van der Waals surface area (Å²) in [4.78, 5) is 4.52. The summed E-state index contributed by atoms with van der Waals surface area (Å²) in [7, 11) is 0. The van der Waals surface area contributed by atoms with Crippen molar-refractivity contribution in [2.24, 2.45) is 0 Å². The van der Waals surface area contributed by atoms with Crippen LogP contribution in [0.1, 0.15) is 0 Å². The molecular formula is C37H22N2. The number of benzene rings is 6. The lowest BCUT2D eigenvalue weighted by atomic mass is 9.94. The van der Waals surface area contributed by atoms with Crippen LogP contribution in [0.15, 0.2) is 134 Å². The normalized spacial score (nSPS) is 12.1. The van der Waals surface area contributed by atoms with Gasteiger partial charge >= 0.3 is 0 Å². The summed E-state index contributed by atoms with van der Waals surface area (Å²) in [5.74, 6) is 0. The topological polar surface area (TPSA) is 17.8 Å². The van der Waals surface area contributed by atoms with Crippen molar-refractivity contribution < 1.29 is 0 Å². The molecule has 0 spiro atoms. The van der Waals surface area contributed by atoms with E-state index in [0.29, 0.717) is 0 Å². The van der Waals surface area contributed by atoms with Gasteiger partial charge in [-0.15, -0.1) is 0 Å². The van der Waals surface area contributed by atoms with Crippen molar-refractivity contribution in [3.05, 3.63) is 134 Å². The maximum absolute atomic E-state index is 4.52. The molecule has 0 N–H and O–H groups in total. The fourth-order valence-electron chi connectivity index (χ4n) is 6.79. The number of fused-ring (bicyclic) bond motifs is 8. The van der Waals surface area contributed by atoms with Crippen molar-refractivity contribution in [1.29, 1.82) is 0 Å². The number of nitrogens with zero attached hydrogens (tertiary/aromatic N) is 2. The van der Waals surface area contributed by atoms with Crippen molar-refractivity contribution in [3.8, 4) is 39.1 Å². The standard InChI is InChI=1S/C37H22N2/c1-2-10-27-23(7-1)15-18-34-37(27)33-19-20-38-22-35(33)39(34)25-9-5-8-24(21-25)26-16-17-32-29-12-4-3-11-28(29)31-14-6-13-30(26)36(31)32/h1-22H. The molecule has 9 rings (SSSR count). The van der Waals surface area contributed by atoms with E-state index in [9.17, 15) is 0 Å². The highest BCUT2D eigenvalue weighted by Crippen LogP contribution is 2.49. The van der Waals surface area contributed by atoms with E-state index in [1.807, 2.05) is 12.4 Å². The van der Waals surface area contributed by atoms with Gasteiger partial charge in [0, 0.05) is 22.7 Å². The molecule has 2 heterocycles. The molecule has 0 aliphatic heterocycles. The van der Waals surface area contributed by atoms with Gasteiger partial charge in [-0.25, -0.2) is 0 Å². The lowest BCUT2D eigenvalue weighted by Gasteiger charge is -2.13. The molecule has 180 valence electrons. The van der Waals surface area contributed by atoms with Crippen LogP contribution in [0.3, 0.4) is 0 Å². The minimum atomic E-state index is 1.12. The van der Waals surface area contributed by atoms with Gasteiger partial charge in [-0.2, -0.15) is 0 Å². The predicted octanol–water partition coefficient (Wildman–Crippen LogP) is 9.80. The molecule has 39 heavy (non-hydrogen) atoms. The highest BCUT2D eigenvalue weighted by Gasteiger charge is 2.22. The van der Waals surface area contributed by atoms with E-state index in [4.69, 9.17) is 0 Å². The Morgan fingerprint density at radius 1 is 0.462 bits per heavy atom. The van der Waals surface area contributed by atoms with Gasteiger partial charge in [-0.05, 0) is 79.2 Å². The second-order valence-electron chi connectivity index (χ2n) is 10.4. The molecule has 1 aliphatic carbocycles. The zero-order chi connectivity index (χ0) is 25.5. The summed E-state index contributed by atoms with van der Waals surface area (Å²) in [5, 5.41) is 7.68. The Kier molecular flexibility index (Phi) is 4.08. The first-order valence-corrected chi connectivity index (χ1v) is 13.4. The molecule has 0 amide bonds. The van der Waals surface area contributed by atoms with Crippen molar-refractivity contribution in [1.82, 2.24) is 9.55 Å². The smallest absolute Gasteiger partial charge is 0.0724 e. The fourth-order valence-corrected chi connectivity index (χ4v) is 6.79. The lowest BCUT2D eigenvalue weighted by molar-refractivity contribution is 1.17. The summed E-state index contributed by atoms with van der Waals surface area (Å²) >= 11 is 0. The van der Waals surface area contributed by atoms with Gasteiger partial charge in [-0.3, -0.25) is 4.98 Å². The second-order valence-corrected chi connectivity index (χ2v) is 10.4. The van der Waals surface area contributed by atoms with Crippen LogP contribution in [0, 0.1) is 0 Å². The van der Waals surface area contributed by atoms with Gasteiger partial charge in [0.1, 0.15) is 0 Å². The van der Waals surface area contributed by atoms with E-state index in [0.717, 1.165) is 11.2 Å². The largest absolute Gasteiger partial charge is 0.308 e. The number of rotatable bonds is 2. The average molecular weight is 495 g/mol. The Hall–Kier alpha value is -5.21. The van der Waals surface area contributed by atoms with Gasteiger partial charge in [-0.1, -0.05) is 97.1 Å². The number of pyridine rings is 1. The summed E-state index contributed by atoms with van der Waals surface area (Å²) < 4.78 is 2.36. The van der Waals surface area contributed by atoms with Crippen LogP contribution in [0.25, 0.3) is 82.4 Å². The van der Waals surface area contributed by atoms with Crippen LogP contribution >= 0.6 is 0 Å². The SMILES string of the molecule is c1cc(-c2ccc3c4c(cccc24)-c2ccccc2-3)cc(-n2c3cnccc3c3c4ccccc4ccc32)c1. The van der Waals surface area contributed by atoms with E-state index in [-0.39, 0.29) is 0 Å². The van der Waals surface area contributed by atoms with Gasteiger partial charge < -0.3 is 4.57 Å². The van der Waals surface area contributed by atoms with E-state index in [1.165, 1.54) is 71.2 Å². The molecule has 2 aromatic heterocycles. The van der Waals surface area contributed by atoms with Crippen molar-refractivity contribution in [2.75, 3.05) is 0 Å². The quantitative estimate of drug-likeness (QED) is 0.234. The number of hydrogen-bond acceptors (Lipinski definition) is 1. The summed E-state index contributed by atoms with van der Waals surface area (Å²) in [6.07, 6.45) is 3.89. The number of aromatic nitrogens is 2. The maximum Gasteiger partial charge on any atom is 0.0724 e. The fraction of sp³-hybridized carbons (Fsp3) is 0. The predicted molar refractivity (Wildman–Crippen MR) is 163 cm³/mol. The van der Waals surface area contributed by atoms with Gasteiger partial charge in [0.15, 0.2) is 0 Å². The molecule has 0 saturated carbocycles. The third-order valence-corrected chi connectivity index (χ3v) is 8.42. The van der Waals surface area contributed by atoms with Crippen LogP contribution in [-0.4, -0.2) is 9.55 Å². The van der Waals surface area contributed by atoms with Crippen LogP contribution in [0.4, 0.5) is 0 Å². The van der Waals surface area contributed by atoms with E-state index >= 15 is 0 Å². The molecule has 6 aromatic carbocycles. The highest BCUT2D eigenvalue weighted by molar-refractivity contribution is 6.21. The monoisotopic (exact) mass is 494 g/mol. The molecule has 0 fully saturated rings. The summed E-state index contributed by atoms with van der Waals surface area (Å²) in [5.41, 5.74) is 11.3. The maximum atomic E-state index is 4.52. The van der Waals surface area contributed by atoms with Crippen molar-refractivity contribution in [2.45, 2.75) is 0 Å². The van der Waals surface area contributed by atoms with Crippen LogP contribution < -0.4 is 0 Å². The van der Waals surface area contributed by atoms with E-state index in [1.54, 1.807) is 0 Å². The Labute approximate surface area is 225 Å². The molecule has 8 aromatic rings. The minimum Gasteiger partial charge on any atom is -0.308 e. The first-order valence-electron chi connectivity index (χ1n) is 13.4. The van der Waals surface area contributed by atoms with Crippen molar-refractivity contribution >= 4 is 43.4 Å². The first kappa shape index (κ1) is 20.8. The van der Waals surface area contributed by atoms with Crippen LogP contribution in [-0.2, 0) is 0 Å². The molecule has 2 heteroatoms. The lowest BCUT2D eigenvalue weighted by Crippen LogP contribution is -1.95. The minimum absolute atomic E-state index is 1.12. The highest BCUT2D eigenvalue weighted by atomic mass is 15.0. The molecule has 0 atom stereocenters. The third kappa shape index (κ3) is 2.78. The Balaban J connectivity index is 1.31. The van der Waals surface area contributed by atoms with Crippen LogP contribution in [0.2, 0.25) is 0 Å². The van der Waals surface area contributed by atoms with Gasteiger partial charge in [0.2, 0.25) is 0 Å². The van der Waals surface area contributed by atoms with Gasteiger partial charge in [0.05, 0.1) is 17.2 Å². The molecule has 2 nitrogen and oxygen atoms in total. The third-order valence-electron chi connectivity index (χ3n) is 8.42. The van der Waals surface area contributed by atoms with E-state index < -0.39 is 0 Å². The molecule has 0 bridgehead atoms. The van der Waals surface area contributed by atoms with Crippen LogP contribution in [0.5, 0.6) is 0 Å². The number of hydrogen-bond donors (Lipinski definition) is 0. The first-order chi connectivity index (χ1) is 19.4. The molecule has 0 saturated heterocycles. The Bertz CT molecular complexity index is 2260. The Morgan fingerprint density at radius 3 is 2.13 bits per heavy atom. The van der Waals surface area contributed by atoms with E-state index in [2.05, 4.69) is 131 Å². The average Bonchev–Trinajstić information content (AvgIpc) is 3.52. The zero-order valence-corrected chi connectivity index (χ0v) is 21.1. The molecule has 0 radical (unpaired) electrons. The van der Waals surface area contributed by atoms with Gasteiger partial charge in [0.25, 0.3) is 0 Å². The second kappa shape index (κ2) is 7.66. The Morgan fingerprint density at radius 2 is 1.21 bits per heavy atom.